The first kappa shape index (κ1) is 12.8. The molecule has 1 unspecified atom stereocenters. The third kappa shape index (κ3) is 2.78. The summed E-state index contributed by atoms with van der Waals surface area (Å²) in [4.78, 5) is 8.68. The maximum absolute atomic E-state index is 6.00. The molecule has 0 amide bonds. The fraction of sp³-hybridized carbons (Fsp3) is 0.700. The highest BCUT2D eigenvalue weighted by Gasteiger charge is 2.25. The molecule has 1 fully saturated rings. The maximum Gasteiger partial charge on any atom is 0.245 e. The molecule has 0 N–H and O–H groups in total. The Morgan fingerprint density at radius 1 is 1.29 bits per heavy atom. The van der Waals surface area contributed by atoms with Crippen molar-refractivity contribution in [3.63, 3.8) is 0 Å². The summed E-state index contributed by atoms with van der Waals surface area (Å²) in [6.45, 7) is 8.18. The molecule has 1 aliphatic rings. The Bertz CT molecular complexity index is 400. The van der Waals surface area contributed by atoms with Crippen LogP contribution in [-0.2, 0) is 0 Å². The van der Waals surface area contributed by atoms with E-state index < -0.39 is 0 Å². The fourth-order valence-corrected chi connectivity index (χ4v) is 2.46. The topological polar surface area (TPSA) is 45.2 Å². The summed E-state index contributed by atoms with van der Waals surface area (Å²) in [6, 6.07) is 0.471. The summed E-state index contributed by atoms with van der Waals surface area (Å²) < 4.78 is 0. The van der Waals surface area contributed by atoms with Crippen molar-refractivity contribution in [2.75, 3.05) is 31.1 Å². The van der Waals surface area contributed by atoms with Crippen molar-refractivity contribution in [1.29, 1.82) is 0 Å². The molecule has 1 saturated heterocycles. The monoisotopic (exact) mass is 275 g/mol. The van der Waals surface area contributed by atoms with E-state index in [1.165, 1.54) is 0 Å². The Balaban J connectivity index is 2.16. The van der Waals surface area contributed by atoms with Gasteiger partial charge >= 0.3 is 0 Å². The Labute approximate surface area is 111 Å². The summed E-state index contributed by atoms with van der Waals surface area (Å²) in [7, 11) is 0. The van der Waals surface area contributed by atoms with Crippen molar-refractivity contribution in [3.8, 4) is 0 Å². The molecule has 2 heterocycles. The van der Waals surface area contributed by atoms with Crippen LogP contribution in [0.5, 0.6) is 0 Å². The molecule has 7 heteroatoms. The fourth-order valence-electron chi connectivity index (χ4n) is 2.14. The number of hydrogen-bond acceptors (Lipinski definition) is 5. The molecule has 5 nitrogen and oxygen atoms in total. The van der Waals surface area contributed by atoms with Gasteiger partial charge in [-0.25, -0.2) is 0 Å². The Kier molecular flexibility index (Phi) is 4.01. The number of aromatic nitrogens is 3. The van der Waals surface area contributed by atoms with Crippen LogP contribution >= 0.6 is 23.2 Å². The molecular formula is C10H15Cl2N5. The molecule has 0 spiro atoms. The lowest BCUT2D eigenvalue weighted by Crippen LogP contribution is -2.52. The van der Waals surface area contributed by atoms with Crippen molar-refractivity contribution >= 4 is 29.0 Å². The number of rotatable bonds is 2. The smallest absolute Gasteiger partial charge is 0.245 e. The van der Waals surface area contributed by atoms with Crippen molar-refractivity contribution in [2.24, 2.45) is 0 Å². The van der Waals surface area contributed by atoms with Crippen LogP contribution in [0.2, 0.25) is 10.4 Å². The van der Waals surface area contributed by atoms with Crippen LogP contribution in [0, 0.1) is 0 Å². The zero-order valence-corrected chi connectivity index (χ0v) is 11.4. The molecule has 0 bridgehead atoms. The summed E-state index contributed by atoms with van der Waals surface area (Å²) in [5.74, 6) is 0.634. The van der Waals surface area contributed by atoms with E-state index in [-0.39, 0.29) is 5.28 Å². The van der Waals surface area contributed by atoms with Gasteiger partial charge in [0.05, 0.1) is 0 Å². The van der Waals surface area contributed by atoms with Gasteiger partial charge in [-0.15, -0.1) is 10.2 Å². The van der Waals surface area contributed by atoms with Crippen LogP contribution in [0.3, 0.4) is 0 Å². The highest BCUT2D eigenvalue weighted by atomic mass is 35.5. The molecule has 17 heavy (non-hydrogen) atoms. The Hall–Kier alpha value is -0.650. The van der Waals surface area contributed by atoms with Crippen LogP contribution < -0.4 is 4.90 Å². The zero-order valence-electron chi connectivity index (χ0n) is 9.90. The van der Waals surface area contributed by atoms with Crippen LogP contribution in [-0.4, -0.2) is 52.3 Å². The van der Waals surface area contributed by atoms with Crippen LogP contribution in [0.15, 0.2) is 0 Å². The van der Waals surface area contributed by atoms with E-state index >= 15 is 0 Å². The van der Waals surface area contributed by atoms with Crippen LogP contribution in [0.25, 0.3) is 0 Å². The molecular weight excluding hydrogens is 261 g/mol. The van der Waals surface area contributed by atoms with E-state index in [9.17, 15) is 0 Å². The van der Waals surface area contributed by atoms with E-state index in [1.54, 1.807) is 0 Å². The quantitative estimate of drug-likeness (QED) is 0.822. The minimum absolute atomic E-state index is 0.134. The van der Waals surface area contributed by atoms with Gasteiger partial charge in [-0.05, 0) is 25.1 Å². The number of likely N-dealkylation sites (N-methyl/N-ethyl adjacent to an activating group) is 1. The minimum Gasteiger partial charge on any atom is -0.351 e. The first-order chi connectivity index (χ1) is 8.11. The normalized spacial score (nSPS) is 21.9. The van der Waals surface area contributed by atoms with Gasteiger partial charge in [-0.2, -0.15) is 4.98 Å². The highest BCUT2D eigenvalue weighted by molar-refractivity contribution is 6.32. The van der Waals surface area contributed by atoms with Crippen molar-refractivity contribution < 1.29 is 0 Å². The molecule has 0 aromatic carbocycles. The summed E-state index contributed by atoms with van der Waals surface area (Å²) in [5.41, 5.74) is 0. The first-order valence-corrected chi connectivity index (χ1v) is 6.42. The number of halogens is 2. The van der Waals surface area contributed by atoms with Gasteiger partial charge in [0.25, 0.3) is 0 Å². The number of piperazine rings is 1. The lowest BCUT2D eigenvalue weighted by Gasteiger charge is -2.39. The van der Waals surface area contributed by atoms with E-state index in [0.717, 1.165) is 26.2 Å². The largest absolute Gasteiger partial charge is 0.351 e. The van der Waals surface area contributed by atoms with Crippen LogP contribution in [0.4, 0.5) is 5.82 Å². The predicted octanol–water partition coefficient (Wildman–Crippen LogP) is 1.71. The molecule has 2 rings (SSSR count). The van der Waals surface area contributed by atoms with Crippen molar-refractivity contribution in [2.45, 2.75) is 19.9 Å². The predicted molar refractivity (Wildman–Crippen MR) is 68.8 cm³/mol. The lowest BCUT2D eigenvalue weighted by atomic mass is 10.2. The molecule has 1 aliphatic heterocycles. The van der Waals surface area contributed by atoms with E-state index in [2.05, 4.69) is 38.8 Å². The van der Waals surface area contributed by atoms with Gasteiger partial charge in [0.15, 0.2) is 11.0 Å². The highest BCUT2D eigenvalue weighted by Crippen LogP contribution is 2.24. The SMILES string of the molecule is CCN1CCN(c2nc(Cl)nnc2Cl)CC1C. The molecule has 1 atom stereocenters. The second-order valence-corrected chi connectivity index (χ2v) is 4.81. The van der Waals surface area contributed by atoms with E-state index in [1.807, 2.05) is 0 Å². The minimum atomic E-state index is 0.134. The van der Waals surface area contributed by atoms with Gasteiger partial charge in [-0.1, -0.05) is 18.5 Å². The molecule has 0 saturated carbocycles. The molecule has 94 valence electrons. The summed E-state index contributed by atoms with van der Waals surface area (Å²) in [5, 5.41) is 7.85. The van der Waals surface area contributed by atoms with Gasteiger partial charge in [0.1, 0.15) is 0 Å². The standard InChI is InChI=1S/C10H15Cl2N5/c1-3-16-4-5-17(6-7(16)2)9-8(11)14-15-10(12)13-9/h7H,3-6H2,1-2H3. The Morgan fingerprint density at radius 3 is 2.71 bits per heavy atom. The van der Waals surface area contributed by atoms with Crippen molar-refractivity contribution in [1.82, 2.24) is 20.1 Å². The lowest BCUT2D eigenvalue weighted by molar-refractivity contribution is 0.199. The summed E-state index contributed by atoms with van der Waals surface area (Å²) in [6.07, 6.45) is 0. The van der Waals surface area contributed by atoms with Crippen LogP contribution in [0.1, 0.15) is 13.8 Å². The van der Waals surface area contributed by atoms with E-state index in [4.69, 9.17) is 23.2 Å². The van der Waals surface area contributed by atoms with Gasteiger partial charge in [0.2, 0.25) is 5.28 Å². The second-order valence-electron chi connectivity index (χ2n) is 4.12. The number of hydrogen-bond donors (Lipinski definition) is 0. The van der Waals surface area contributed by atoms with Gasteiger partial charge in [-0.3, -0.25) is 4.90 Å². The third-order valence-corrected chi connectivity index (χ3v) is 3.48. The summed E-state index contributed by atoms with van der Waals surface area (Å²) >= 11 is 11.7. The maximum atomic E-state index is 6.00. The third-order valence-electron chi connectivity index (χ3n) is 3.07. The number of anilines is 1. The van der Waals surface area contributed by atoms with Gasteiger partial charge in [0, 0.05) is 25.7 Å². The zero-order chi connectivity index (χ0) is 12.4. The average Bonchev–Trinajstić information content (AvgIpc) is 2.32. The van der Waals surface area contributed by atoms with Crippen molar-refractivity contribution in [3.05, 3.63) is 10.4 Å². The molecule has 0 radical (unpaired) electrons. The second kappa shape index (κ2) is 5.33. The number of nitrogens with zero attached hydrogens (tertiary/aromatic N) is 5. The van der Waals surface area contributed by atoms with Gasteiger partial charge < -0.3 is 4.90 Å². The average molecular weight is 276 g/mol. The molecule has 0 aliphatic carbocycles. The first-order valence-electron chi connectivity index (χ1n) is 5.66. The Morgan fingerprint density at radius 2 is 2.06 bits per heavy atom. The van der Waals surface area contributed by atoms with E-state index in [0.29, 0.717) is 17.0 Å². The molecule has 1 aromatic rings. The molecule has 1 aromatic heterocycles.